The molecule has 6 heteroatoms. The Morgan fingerprint density at radius 2 is 1.80 bits per heavy atom. The van der Waals surface area contributed by atoms with Gasteiger partial charge in [-0.3, -0.25) is 0 Å². The molecular weight excluding hydrogens is 264 g/mol. The Balaban J connectivity index is 2.17. The lowest BCUT2D eigenvalue weighted by atomic mass is 9.99. The largest absolute Gasteiger partial charge is 0.462 e. The van der Waals surface area contributed by atoms with Crippen LogP contribution < -0.4 is 4.74 Å². The normalized spacial score (nSPS) is 34.0. The van der Waals surface area contributed by atoms with E-state index in [-0.39, 0.29) is 0 Å². The Morgan fingerprint density at radius 3 is 2.45 bits per heavy atom. The van der Waals surface area contributed by atoms with Crippen LogP contribution in [0, 0.1) is 13.8 Å². The molecule has 112 valence electrons. The summed E-state index contributed by atoms with van der Waals surface area (Å²) in [5.74, 6) is 0.523. The van der Waals surface area contributed by atoms with E-state index >= 15 is 0 Å². The summed E-state index contributed by atoms with van der Waals surface area (Å²) in [6.45, 7) is 3.32. The van der Waals surface area contributed by atoms with Crippen molar-refractivity contribution < 1.29 is 29.9 Å². The van der Waals surface area contributed by atoms with Crippen LogP contribution in [0.1, 0.15) is 11.1 Å². The van der Waals surface area contributed by atoms with Gasteiger partial charge in [-0.1, -0.05) is 12.1 Å². The molecule has 1 aliphatic heterocycles. The molecule has 0 aliphatic carbocycles. The van der Waals surface area contributed by atoms with E-state index in [1.54, 1.807) is 6.07 Å². The lowest BCUT2D eigenvalue weighted by Gasteiger charge is -2.39. The van der Waals surface area contributed by atoms with E-state index in [4.69, 9.17) is 14.6 Å². The fraction of sp³-hybridized carbons (Fsp3) is 0.571. The molecule has 1 aromatic rings. The lowest BCUT2D eigenvalue weighted by molar-refractivity contribution is -0.277. The first kappa shape index (κ1) is 15.2. The predicted molar refractivity (Wildman–Crippen MR) is 70.3 cm³/mol. The quantitative estimate of drug-likeness (QED) is 0.596. The van der Waals surface area contributed by atoms with E-state index in [0.717, 1.165) is 11.1 Å². The Morgan fingerprint density at radius 1 is 1.10 bits per heavy atom. The van der Waals surface area contributed by atoms with Gasteiger partial charge in [0.2, 0.25) is 6.29 Å². The Hall–Kier alpha value is -1.18. The van der Waals surface area contributed by atoms with Crippen LogP contribution in [0.4, 0.5) is 0 Å². The highest BCUT2D eigenvalue weighted by molar-refractivity contribution is 5.38. The van der Waals surface area contributed by atoms with E-state index in [1.165, 1.54) is 0 Å². The van der Waals surface area contributed by atoms with Crippen LogP contribution in [0.25, 0.3) is 0 Å². The van der Waals surface area contributed by atoms with E-state index in [9.17, 15) is 15.3 Å². The van der Waals surface area contributed by atoms with Crippen LogP contribution in [-0.2, 0) is 4.74 Å². The van der Waals surface area contributed by atoms with Crippen molar-refractivity contribution in [3.05, 3.63) is 29.3 Å². The first-order valence-corrected chi connectivity index (χ1v) is 6.49. The maximum Gasteiger partial charge on any atom is 0.229 e. The van der Waals surface area contributed by atoms with Gasteiger partial charge in [-0.15, -0.1) is 0 Å². The van der Waals surface area contributed by atoms with Gasteiger partial charge in [-0.05, 0) is 31.0 Å². The lowest BCUT2D eigenvalue weighted by Crippen LogP contribution is -2.60. The minimum absolute atomic E-state index is 0.475. The van der Waals surface area contributed by atoms with E-state index in [1.807, 2.05) is 26.0 Å². The van der Waals surface area contributed by atoms with Crippen molar-refractivity contribution in [1.82, 2.24) is 0 Å². The molecular formula is C14H20O6. The van der Waals surface area contributed by atoms with Gasteiger partial charge >= 0.3 is 0 Å². The molecule has 0 spiro atoms. The SMILES string of the molecule is Cc1cccc(O[C@@H]2O[C@H](CO)[C@@H](O)[C@@H](O)[C@H]2O)c1C. The topological polar surface area (TPSA) is 99.4 Å². The molecule has 1 fully saturated rings. The molecule has 4 N–H and O–H groups in total. The van der Waals surface area contributed by atoms with E-state index in [2.05, 4.69) is 0 Å². The zero-order valence-electron chi connectivity index (χ0n) is 11.4. The molecule has 1 aromatic carbocycles. The molecule has 0 saturated carbocycles. The van der Waals surface area contributed by atoms with Crippen molar-refractivity contribution in [2.24, 2.45) is 0 Å². The fourth-order valence-electron chi connectivity index (χ4n) is 2.14. The number of ether oxygens (including phenoxy) is 2. The second-order valence-corrected chi connectivity index (χ2v) is 5.01. The fourth-order valence-corrected chi connectivity index (χ4v) is 2.14. The average Bonchev–Trinajstić information content (AvgIpc) is 2.44. The summed E-state index contributed by atoms with van der Waals surface area (Å²) >= 11 is 0. The molecule has 1 saturated heterocycles. The van der Waals surface area contributed by atoms with Crippen molar-refractivity contribution in [3.63, 3.8) is 0 Å². The van der Waals surface area contributed by atoms with Gasteiger partial charge in [0, 0.05) is 0 Å². The third-order valence-corrected chi connectivity index (χ3v) is 3.65. The molecule has 6 nitrogen and oxygen atoms in total. The Labute approximate surface area is 117 Å². The van der Waals surface area contributed by atoms with Crippen LogP contribution in [0.5, 0.6) is 5.75 Å². The summed E-state index contributed by atoms with van der Waals surface area (Å²) < 4.78 is 10.9. The van der Waals surface area contributed by atoms with Crippen molar-refractivity contribution in [2.45, 2.75) is 44.6 Å². The number of aliphatic hydroxyl groups is 4. The molecule has 1 heterocycles. The second kappa shape index (κ2) is 6.07. The van der Waals surface area contributed by atoms with Gasteiger partial charge in [0.05, 0.1) is 6.61 Å². The summed E-state index contributed by atoms with van der Waals surface area (Å²) in [5, 5.41) is 38.4. The van der Waals surface area contributed by atoms with Crippen LogP contribution in [0.15, 0.2) is 18.2 Å². The van der Waals surface area contributed by atoms with Gasteiger partial charge in [-0.2, -0.15) is 0 Å². The zero-order chi connectivity index (χ0) is 14.9. The highest BCUT2D eigenvalue weighted by Crippen LogP contribution is 2.27. The molecule has 20 heavy (non-hydrogen) atoms. The standard InChI is InChI=1S/C14H20O6/c1-7-4-3-5-9(8(7)2)19-14-13(18)12(17)11(16)10(6-15)20-14/h3-5,10-18H,6H2,1-2H3/t10-,11-,12-,13-,14-/m1/s1. The molecule has 0 radical (unpaired) electrons. The summed E-state index contributed by atoms with van der Waals surface area (Å²) in [6.07, 6.45) is -6.33. The first-order valence-electron chi connectivity index (χ1n) is 6.49. The maximum atomic E-state index is 9.90. The van der Waals surface area contributed by atoms with Crippen LogP contribution in [-0.4, -0.2) is 57.7 Å². The highest BCUT2D eigenvalue weighted by atomic mass is 16.7. The molecule has 2 rings (SSSR count). The van der Waals surface area contributed by atoms with Crippen LogP contribution in [0.3, 0.4) is 0 Å². The summed E-state index contributed by atoms with van der Waals surface area (Å²) in [4.78, 5) is 0. The summed E-state index contributed by atoms with van der Waals surface area (Å²) in [5.41, 5.74) is 1.91. The molecule has 0 unspecified atom stereocenters. The number of aliphatic hydroxyl groups excluding tert-OH is 4. The van der Waals surface area contributed by atoms with E-state index in [0.29, 0.717) is 5.75 Å². The third kappa shape index (κ3) is 2.79. The minimum Gasteiger partial charge on any atom is -0.462 e. The zero-order valence-corrected chi connectivity index (χ0v) is 11.4. The summed E-state index contributed by atoms with van der Waals surface area (Å²) in [7, 11) is 0. The van der Waals surface area contributed by atoms with Crippen molar-refractivity contribution in [3.8, 4) is 5.75 Å². The van der Waals surface area contributed by atoms with E-state index < -0.39 is 37.3 Å². The van der Waals surface area contributed by atoms with Gasteiger partial charge in [0.15, 0.2) is 0 Å². The molecule has 1 aliphatic rings. The second-order valence-electron chi connectivity index (χ2n) is 5.01. The molecule has 0 amide bonds. The number of hydrogen-bond acceptors (Lipinski definition) is 6. The van der Waals surface area contributed by atoms with Gasteiger partial charge in [0.1, 0.15) is 30.2 Å². The van der Waals surface area contributed by atoms with Crippen LogP contribution >= 0.6 is 0 Å². The maximum absolute atomic E-state index is 9.90. The molecule has 0 bridgehead atoms. The highest BCUT2D eigenvalue weighted by Gasteiger charge is 2.44. The van der Waals surface area contributed by atoms with Crippen LogP contribution in [0.2, 0.25) is 0 Å². The van der Waals surface area contributed by atoms with Crippen molar-refractivity contribution in [1.29, 1.82) is 0 Å². The number of benzene rings is 1. The monoisotopic (exact) mass is 284 g/mol. The first-order chi connectivity index (χ1) is 9.45. The van der Waals surface area contributed by atoms with Crippen molar-refractivity contribution >= 4 is 0 Å². The third-order valence-electron chi connectivity index (χ3n) is 3.65. The van der Waals surface area contributed by atoms with Gasteiger partial charge in [-0.25, -0.2) is 0 Å². The number of rotatable bonds is 3. The number of aryl methyl sites for hydroxylation is 1. The van der Waals surface area contributed by atoms with Gasteiger partial charge in [0.25, 0.3) is 0 Å². The smallest absolute Gasteiger partial charge is 0.229 e. The van der Waals surface area contributed by atoms with Crippen molar-refractivity contribution in [2.75, 3.05) is 6.61 Å². The predicted octanol–water partition coefficient (Wildman–Crippen LogP) is -0.518. The average molecular weight is 284 g/mol. The minimum atomic E-state index is -1.43. The summed E-state index contributed by atoms with van der Waals surface area (Å²) in [6, 6.07) is 5.46. The number of hydrogen-bond donors (Lipinski definition) is 4. The van der Waals surface area contributed by atoms with Gasteiger partial charge < -0.3 is 29.9 Å². The molecule has 5 atom stereocenters. The Kier molecular flexibility index (Phi) is 4.62. The molecule has 0 aromatic heterocycles. The Bertz CT molecular complexity index is 461.